The Bertz CT molecular complexity index is 340. The van der Waals surface area contributed by atoms with Crippen molar-refractivity contribution in [1.82, 2.24) is 0 Å². The van der Waals surface area contributed by atoms with E-state index in [4.69, 9.17) is 12.2 Å². The van der Waals surface area contributed by atoms with E-state index in [-0.39, 0.29) is 6.04 Å². The number of rotatable bonds is 4. The van der Waals surface area contributed by atoms with Gasteiger partial charge in [-0.05, 0) is 32.3 Å². The predicted octanol–water partition coefficient (Wildman–Crippen LogP) is 2.59. The monoisotopic (exact) mass is 201 g/mol. The molecular weight excluding hydrogens is 182 g/mol. The fourth-order valence-corrected chi connectivity index (χ4v) is 1.86. The minimum absolute atomic E-state index is 0.183. The third-order valence-electron chi connectivity index (χ3n) is 2.44. The van der Waals surface area contributed by atoms with Crippen molar-refractivity contribution in [3.8, 4) is 12.3 Å². The van der Waals surface area contributed by atoms with E-state index >= 15 is 0 Å². The molecular formula is C14H19N. The smallest absolute Gasteiger partial charge is 0.0101 e. The Labute approximate surface area is 92.7 Å². The van der Waals surface area contributed by atoms with Gasteiger partial charge in [-0.1, -0.05) is 29.3 Å². The summed E-state index contributed by atoms with van der Waals surface area (Å²) in [6.45, 7) is 4.23. The van der Waals surface area contributed by atoms with Gasteiger partial charge in [-0.15, -0.1) is 12.3 Å². The molecule has 2 N–H and O–H groups in total. The van der Waals surface area contributed by atoms with Crippen LogP contribution in [0.2, 0.25) is 0 Å². The lowest BCUT2D eigenvalue weighted by molar-refractivity contribution is 0.622. The zero-order valence-corrected chi connectivity index (χ0v) is 9.59. The van der Waals surface area contributed by atoms with Gasteiger partial charge in [-0.2, -0.15) is 0 Å². The Morgan fingerprint density at radius 1 is 1.27 bits per heavy atom. The van der Waals surface area contributed by atoms with Crippen LogP contribution in [0, 0.1) is 26.2 Å². The summed E-state index contributed by atoms with van der Waals surface area (Å²) < 4.78 is 0. The zero-order chi connectivity index (χ0) is 11.3. The molecule has 0 heterocycles. The summed E-state index contributed by atoms with van der Waals surface area (Å²) in [7, 11) is 0. The summed E-state index contributed by atoms with van der Waals surface area (Å²) in [6.07, 6.45) is 7.81. The fourth-order valence-electron chi connectivity index (χ4n) is 1.86. The van der Waals surface area contributed by atoms with Crippen LogP contribution in [0.4, 0.5) is 0 Å². The summed E-state index contributed by atoms with van der Waals surface area (Å²) in [5.74, 6) is 2.63. The van der Waals surface area contributed by atoms with Gasteiger partial charge in [0.2, 0.25) is 0 Å². The maximum atomic E-state index is 6.00. The summed E-state index contributed by atoms with van der Waals surface area (Å²) >= 11 is 0. The van der Waals surface area contributed by atoms with E-state index < -0.39 is 0 Å². The standard InChI is InChI=1S/C14H19N/c1-4-5-6-14(15)10-13-8-11(2)7-12(3)9-13/h1,7-9,14H,5-6,10,15H2,2-3H3. The van der Waals surface area contributed by atoms with E-state index in [1.807, 2.05) is 0 Å². The molecule has 0 fully saturated rings. The third kappa shape index (κ3) is 4.18. The molecule has 1 unspecified atom stereocenters. The average molecular weight is 201 g/mol. The summed E-state index contributed by atoms with van der Waals surface area (Å²) in [4.78, 5) is 0. The van der Waals surface area contributed by atoms with Crippen molar-refractivity contribution < 1.29 is 0 Å². The Kier molecular flexibility index (Phi) is 4.39. The van der Waals surface area contributed by atoms with Crippen LogP contribution in [0.15, 0.2) is 18.2 Å². The minimum Gasteiger partial charge on any atom is -0.327 e. The quantitative estimate of drug-likeness (QED) is 0.744. The number of hydrogen-bond donors (Lipinski definition) is 1. The first kappa shape index (κ1) is 11.8. The van der Waals surface area contributed by atoms with Crippen molar-refractivity contribution in [2.45, 2.75) is 39.2 Å². The molecule has 1 aromatic rings. The van der Waals surface area contributed by atoms with Crippen LogP contribution in [0.1, 0.15) is 29.5 Å². The van der Waals surface area contributed by atoms with Crippen LogP contribution in [0.25, 0.3) is 0 Å². The van der Waals surface area contributed by atoms with Gasteiger partial charge in [0.05, 0.1) is 0 Å². The van der Waals surface area contributed by atoms with Gasteiger partial charge >= 0.3 is 0 Å². The van der Waals surface area contributed by atoms with E-state index in [1.54, 1.807) is 0 Å². The second kappa shape index (κ2) is 5.58. The number of benzene rings is 1. The van der Waals surface area contributed by atoms with E-state index in [0.717, 1.165) is 19.3 Å². The highest BCUT2D eigenvalue weighted by Gasteiger charge is 2.04. The fraction of sp³-hybridized carbons (Fsp3) is 0.429. The molecule has 0 aliphatic carbocycles. The van der Waals surface area contributed by atoms with E-state index in [9.17, 15) is 0 Å². The molecule has 0 saturated heterocycles. The van der Waals surface area contributed by atoms with Gasteiger partial charge in [-0.3, -0.25) is 0 Å². The lowest BCUT2D eigenvalue weighted by atomic mass is 9.99. The minimum atomic E-state index is 0.183. The van der Waals surface area contributed by atoms with Crippen LogP contribution < -0.4 is 5.73 Å². The molecule has 0 spiro atoms. The normalized spacial score (nSPS) is 12.1. The van der Waals surface area contributed by atoms with Crippen LogP contribution in [0.3, 0.4) is 0 Å². The van der Waals surface area contributed by atoms with Crippen LogP contribution >= 0.6 is 0 Å². The number of nitrogens with two attached hydrogens (primary N) is 1. The third-order valence-corrected chi connectivity index (χ3v) is 2.44. The van der Waals surface area contributed by atoms with Crippen molar-refractivity contribution in [2.24, 2.45) is 5.73 Å². The van der Waals surface area contributed by atoms with Crippen LogP contribution in [-0.4, -0.2) is 6.04 Å². The molecule has 0 radical (unpaired) electrons. The van der Waals surface area contributed by atoms with E-state index in [1.165, 1.54) is 16.7 Å². The molecule has 0 amide bonds. The molecule has 0 aliphatic heterocycles. The summed E-state index contributed by atoms with van der Waals surface area (Å²) in [5, 5.41) is 0. The lowest BCUT2D eigenvalue weighted by Crippen LogP contribution is -2.22. The van der Waals surface area contributed by atoms with Gasteiger partial charge in [-0.25, -0.2) is 0 Å². The highest BCUT2D eigenvalue weighted by Crippen LogP contribution is 2.11. The van der Waals surface area contributed by atoms with Gasteiger partial charge < -0.3 is 5.73 Å². The molecule has 0 aliphatic rings. The van der Waals surface area contributed by atoms with E-state index in [0.29, 0.717) is 0 Å². The Morgan fingerprint density at radius 2 is 1.87 bits per heavy atom. The Hall–Kier alpha value is -1.26. The highest BCUT2D eigenvalue weighted by molar-refractivity contribution is 5.29. The summed E-state index contributed by atoms with van der Waals surface area (Å²) in [5.41, 5.74) is 9.91. The molecule has 1 aromatic carbocycles. The predicted molar refractivity (Wildman–Crippen MR) is 65.7 cm³/mol. The molecule has 0 saturated carbocycles. The topological polar surface area (TPSA) is 26.0 Å². The van der Waals surface area contributed by atoms with Gasteiger partial charge in [0.15, 0.2) is 0 Å². The van der Waals surface area contributed by atoms with Crippen molar-refractivity contribution in [3.05, 3.63) is 34.9 Å². The Morgan fingerprint density at radius 3 is 2.40 bits per heavy atom. The number of hydrogen-bond acceptors (Lipinski definition) is 1. The molecule has 0 bridgehead atoms. The van der Waals surface area contributed by atoms with Crippen molar-refractivity contribution in [2.75, 3.05) is 0 Å². The molecule has 15 heavy (non-hydrogen) atoms. The van der Waals surface area contributed by atoms with Crippen molar-refractivity contribution in [3.63, 3.8) is 0 Å². The SMILES string of the molecule is C#CCCC(N)Cc1cc(C)cc(C)c1. The zero-order valence-electron chi connectivity index (χ0n) is 9.59. The number of terminal acetylenes is 1. The number of aryl methyl sites for hydroxylation is 2. The first-order valence-corrected chi connectivity index (χ1v) is 5.38. The van der Waals surface area contributed by atoms with Crippen molar-refractivity contribution in [1.29, 1.82) is 0 Å². The van der Waals surface area contributed by atoms with Crippen molar-refractivity contribution >= 4 is 0 Å². The second-order valence-electron chi connectivity index (χ2n) is 4.20. The first-order chi connectivity index (χ1) is 7.11. The van der Waals surface area contributed by atoms with Gasteiger partial charge in [0, 0.05) is 12.5 Å². The molecule has 80 valence electrons. The summed E-state index contributed by atoms with van der Waals surface area (Å²) in [6, 6.07) is 6.75. The maximum Gasteiger partial charge on any atom is 0.0101 e. The first-order valence-electron chi connectivity index (χ1n) is 5.38. The highest BCUT2D eigenvalue weighted by atomic mass is 14.6. The second-order valence-corrected chi connectivity index (χ2v) is 4.20. The molecule has 1 nitrogen and oxygen atoms in total. The average Bonchev–Trinajstić information content (AvgIpc) is 2.13. The largest absolute Gasteiger partial charge is 0.327 e. The van der Waals surface area contributed by atoms with Crippen LogP contribution in [-0.2, 0) is 6.42 Å². The van der Waals surface area contributed by atoms with Crippen LogP contribution in [0.5, 0.6) is 0 Å². The maximum absolute atomic E-state index is 6.00. The Balaban J connectivity index is 2.60. The molecule has 1 atom stereocenters. The van der Waals surface area contributed by atoms with Gasteiger partial charge in [0.25, 0.3) is 0 Å². The molecule has 1 heteroatoms. The lowest BCUT2D eigenvalue weighted by Gasteiger charge is -2.11. The molecule has 1 rings (SSSR count). The molecule has 0 aromatic heterocycles. The van der Waals surface area contributed by atoms with E-state index in [2.05, 4.69) is 38.0 Å². The van der Waals surface area contributed by atoms with Gasteiger partial charge in [0.1, 0.15) is 0 Å².